The van der Waals surface area contributed by atoms with E-state index in [0.717, 1.165) is 47.0 Å². The minimum absolute atomic E-state index is 0.101. The van der Waals surface area contributed by atoms with E-state index in [4.69, 9.17) is 0 Å². The first-order valence-electron chi connectivity index (χ1n) is 10.1. The van der Waals surface area contributed by atoms with Crippen LogP contribution in [0, 0.1) is 17.4 Å². The number of fused-ring (bicyclic) bond motifs is 1. The number of para-hydroxylation sites is 1. The molecule has 2 rings (SSSR count). The van der Waals surface area contributed by atoms with Crippen LogP contribution >= 0.6 is 0 Å². The van der Waals surface area contributed by atoms with E-state index in [2.05, 4.69) is 24.1 Å². The molecule has 28 heavy (non-hydrogen) atoms. The smallest absolute Gasteiger partial charge is 0.258 e. The number of hydrogen-bond donors (Lipinski definition) is 2. The van der Waals surface area contributed by atoms with Crippen molar-refractivity contribution >= 4 is 22.7 Å². The molecule has 6 nitrogen and oxygen atoms in total. The zero-order valence-corrected chi connectivity index (χ0v) is 17.0. The first kappa shape index (κ1) is 21.5. The predicted molar refractivity (Wildman–Crippen MR) is 110 cm³/mol. The molecule has 1 aromatic carbocycles. The Labute approximate surface area is 166 Å². The molecular weight excluding hydrogens is 352 g/mol. The summed E-state index contributed by atoms with van der Waals surface area (Å²) < 4.78 is 0. The number of hydrogen-bond acceptors (Lipinski definition) is 3. The van der Waals surface area contributed by atoms with Crippen LogP contribution in [0.4, 0.5) is 0 Å². The number of H-pyrrole nitrogens is 1. The molecule has 2 N–H and O–H groups in total. The largest absolute Gasteiger partial charge is 0.361 e. The minimum atomic E-state index is -0.762. The van der Waals surface area contributed by atoms with Crippen LogP contribution in [0.2, 0.25) is 0 Å². The van der Waals surface area contributed by atoms with E-state index in [1.165, 1.54) is 0 Å². The molecule has 0 saturated heterocycles. The molecule has 1 heterocycles. The number of carbonyl (C=O) groups is 2. The molecule has 0 aliphatic heterocycles. The summed E-state index contributed by atoms with van der Waals surface area (Å²) in [4.78, 5) is 30.1. The quantitative estimate of drug-likeness (QED) is 0.484. The van der Waals surface area contributed by atoms with Crippen LogP contribution in [-0.2, 0) is 16.0 Å². The summed E-state index contributed by atoms with van der Waals surface area (Å²) >= 11 is 0. The number of nitrogens with one attached hydrogen (secondary N) is 2. The van der Waals surface area contributed by atoms with Gasteiger partial charge in [-0.3, -0.25) is 9.59 Å². The molecule has 2 aromatic rings. The molecule has 1 unspecified atom stereocenters. The Morgan fingerprint density at radius 1 is 1.18 bits per heavy atom. The van der Waals surface area contributed by atoms with E-state index in [1.807, 2.05) is 36.7 Å². The zero-order valence-electron chi connectivity index (χ0n) is 17.0. The maximum absolute atomic E-state index is 12.9. The molecule has 0 aliphatic carbocycles. The fourth-order valence-electron chi connectivity index (χ4n) is 3.58. The first-order valence-corrected chi connectivity index (χ1v) is 10.1. The molecule has 0 spiro atoms. The van der Waals surface area contributed by atoms with Gasteiger partial charge in [-0.25, -0.2) is 4.90 Å². The summed E-state index contributed by atoms with van der Waals surface area (Å²) in [6, 6.07) is 7.09. The Bertz CT molecular complexity index is 830. The highest BCUT2D eigenvalue weighted by Gasteiger charge is 2.29. The molecule has 1 aromatic heterocycles. The summed E-state index contributed by atoms with van der Waals surface area (Å²) in [6.07, 6.45) is 7.56. The number of carbonyl (C=O) groups excluding carboxylic acids is 2. The van der Waals surface area contributed by atoms with Crippen LogP contribution in [0.5, 0.6) is 0 Å². The topological polar surface area (TPSA) is 89.0 Å². The number of aromatic nitrogens is 1. The summed E-state index contributed by atoms with van der Waals surface area (Å²) in [5.41, 5.74) is 1.93. The lowest BCUT2D eigenvalue weighted by Crippen LogP contribution is -2.50. The van der Waals surface area contributed by atoms with Crippen molar-refractivity contribution in [2.75, 3.05) is 6.54 Å². The van der Waals surface area contributed by atoms with E-state index in [0.29, 0.717) is 6.42 Å². The Hall–Kier alpha value is -2.81. The number of nitrogens with zero attached hydrogens (tertiary/aromatic N) is 2. The third-order valence-electron chi connectivity index (χ3n) is 5.06. The highest BCUT2D eigenvalue weighted by molar-refractivity contribution is 5.90. The number of nitriles is 1. The number of benzene rings is 1. The summed E-state index contributed by atoms with van der Waals surface area (Å²) in [7, 11) is 0. The van der Waals surface area contributed by atoms with Crippen molar-refractivity contribution in [2.24, 2.45) is 5.92 Å². The summed E-state index contributed by atoms with van der Waals surface area (Å²) in [5.74, 6) is -0.573. The molecule has 2 amide bonds. The Balaban J connectivity index is 2.27. The van der Waals surface area contributed by atoms with Crippen LogP contribution in [-0.4, -0.2) is 34.3 Å². The normalized spacial score (nSPS) is 12.0. The summed E-state index contributed by atoms with van der Waals surface area (Å²) in [5, 5.41) is 13.3. The highest BCUT2D eigenvalue weighted by Crippen LogP contribution is 2.20. The molecule has 1 atom stereocenters. The molecule has 0 aliphatic rings. The monoisotopic (exact) mass is 382 g/mol. The Kier molecular flexibility index (Phi) is 8.06. The lowest BCUT2D eigenvalue weighted by Gasteiger charge is -2.24. The van der Waals surface area contributed by atoms with Gasteiger partial charge >= 0.3 is 0 Å². The average molecular weight is 383 g/mol. The van der Waals surface area contributed by atoms with Crippen molar-refractivity contribution in [1.29, 1.82) is 5.26 Å². The van der Waals surface area contributed by atoms with Gasteiger partial charge in [-0.2, -0.15) is 5.26 Å². The van der Waals surface area contributed by atoms with Gasteiger partial charge in [0.25, 0.3) is 5.91 Å². The van der Waals surface area contributed by atoms with Gasteiger partial charge in [0.2, 0.25) is 5.91 Å². The zero-order chi connectivity index (χ0) is 20.5. The van der Waals surface area contributed by atoms with Gasteiger partial charge in [0.1, 0.15) is 6.04 Å². The van der Waals surface area contributed by atoms with E-state index in [1.54, 1.807) is 6.92 Å². The van der Waals surface area contributed by atoms with E-state index in [-0.39, 0.29) is 24.3 Å². The summed E-state index contributed by atoms with van der Waals surface area (Å²) in [6.45, 7) is 6.14. The second-order valence-corrected chi connectivity index (χ2v) is 7.08. The van der Waals surface area contributed by atoms with Crippen LogP contribution in [0.25, 0.3) is 10.9 Å². The van der Waals surface area contributed by atoms with Crippen molar-refractivity contribution in [3.63, 3.8) is 0 Å². The number of likely N-dealkylation sites (N-methyl/N-ethyl adjacent to an activating group) is 1. The third kappa shape index (κ3) is 5.13. The average Bonchev–Trinajstić information content (AvgIpc) is 3.11. The Morgan fingerprint density at radius 2 is 1.86 bits per heavy atom. The number of rotatable bonds is 10. The molecule has 6 heteroatoms. The molecule has 0 fully saturated rings. The van der Waals surface area contributed by atoms with Crippen LogP contribution in [0.3, 0.4) is 0 Å². The highest BCUT2D eigenvalue weighted by atomic mass is 16.2. The van der Waals surface area contributed by atoms with Crippen molar-refractivity contribution in [1.82, 2.24) is 15.2 Å². The fraction of sp³-hybridized carbons (Fsp3) is 0.500. The molecule has 150 valence electrons. The maximum atomic E-state index is 12.9. The van der Waals surface area contributed by atoms with Gasteiger partial charge in [0.15, 0.2) is 6.19 Å². The van der Waals surface area contributed by atoms with Crippen LogP contribution < -0.4 is 5.32 Å². The predicted octanol–water partition coefficient (Wildman–Crippen LogP) is 3.74. The third-order valence-corrected chi connectivity index (χ3v) is 5.06. The molecular formula is C22H30N4O2. The van der Waals surface area contributed by atoms with Gasteiger partial charge in [-0.1, -0.05) is 44.9 Å². The van der Waals surface area contributed by atoms with Crippen LogP contribution in [0.1, 0.15) is 52.0 Å². The van der Waals surface area contributed by atoms with Crippen molar-refractivity contribution in [2.45, 2.75) is 58.9 Å². The van der Waals surface area contributed by atoms with Gasteiger partial charge < -0.3 is 10.3 Å². The lowest BCUT2D eigenvalue weighted by atomic mass is 9.96. The van der Waals surface area contributed by atoms with Crippen molar-refractivity contribution in [3.8, 4) is 6.19 Å². The lowest BCUT2D eigenvalue weighted by molar-refractivity contribution is -0.135. The van der Waals surface area contributed by atoms with Crippen molar-refractivity contribution < 1.29 is 9.59 Å². The molecule has 0 radical (unpaired) electrons. The van der Waals surface area contributed by atoms with Gasteiger partial charge in [-0.05, 0) is 31.4 Å². The fourth-order valence-corrected chi connectivity index (χ4v) is 3.58. The minimum Gasteiger partial charge on any atom is -0.361 e. The Morgan fingerprint density at radius 3 is 2.46 bits per heavy atom. The van der Waals surface area contributed by atoms with Crippen LogP contribution in [0.15, 0.2) is 30.5 Å². The maximum Gasteiger partial charge on any atom is 0.258 e. The standard InChI is InChI=1S/C22H30N4O2/c1-4-9-16(10-5-2)21(27)25-20(22(28)26(6-3)15-23)13-17-14-24-19-12-8-7-11-18(17)19/h7-8,11-12,14,16,20,24H,4-6,9-10,13H2,1-3H3,(H,25,27). The second-order valence-electron chi connectivity index (χ2n) is 7.08. The molecule has 0 bridgehead atoms. The second kappa shape index (κ2) is 10.5. The SMILES string of the molecule is CCCC(CCC)C(=O)NC(Cc1c[nH]c2ccccc12)C(=O)N(C#N)CC. The first-order chi connectivity index (χ1) is 13.5. The van der Waals surface area contributed by atoms with E-state index >= 15 is 0 Å². The van der Waals surface area contributed by atoms with Crippen molar-refractivity contribution in [3.05, 3.63) is 36.0 Å². The number of amides is 2. The molecule has 0 saturated carbocycles. The van der Waals surface area contributed by atoms with E-state index < -0.39 is 6.04 Å². The van der Waals surface area contributed by atoms with Gasteiger partial charge in [-0.15, -0.1) is 0 Å². The van der Waals surface area contributed by atoms with Gasteiger partial charge in [0, 0.05) is 36.0 Å². The van der Waals surface area contributed by atoms with Gasteiger partial charge in [0.05, 0.1) is 0 Å². The van der Waals surface area contributed by atoms with E-state index in [9.17, 15) is 14.9 Å². The number of aromatic amines is 1.